The highest BCUT2D eigenvalue weighted by Crippen LogP contribution is 2.31. The minimum absolute atomic E-state index is 0.594. The standard InChI is InChI=1S/C15H14F3N3S/c1-22-14-19-8-10-6-7-21(9-13(10)20-14)12-4-2-11(3-5-12)15(16,17)18/h2-5,8H,6-7,9H2,1H3. The molecule has 3 rings (SSSR count). The molecule has 1 aromatic heterocycles. The van der Waals surface area contributed by atoms with E-state index < -0.39 is 11.7 Å². The summed E-state index contributed by atoms with van der Waals surface area (Å²) in [6.07, 6.45) is 0.259. The Morgan fingerprint density at radius 1 is 1.18 bits per heavy atom. The summed E-state index contributed by atoms with van der Waals surface area (Å²) in [5.41, 5.74) is 2.22. The minimum atomic E-state index is -4.30. The molecule has 0 N–H and O–H groups in total. The molecule has 7 heteroatoms. The summed E-state index contributed by atoms with van der Waals surface area (Å²) in [5, 5.41) is 0.716. The summed E-state index contributed by atoms with van der Waals surface area (Å²) in [4.78, 5) is 10.8. The van der Waals surface area contributed by atoms with Crippen LogP contribution < -0.4 is 4.90 Å². The van der Waals surface area contributed by atoms with Crippen LogP contribution in [0, 0.1) is 0 Å². The third-order valence-electron chi connectivity index (χ3n) is 3.67. The lowest BCUT2D eigenvalue weighted by Gasteiger charge is -2.30. The van der Waals surface area contributed by atoms with Gasteiger partial charge in [-0.3, -0.25) is 0 Å². The molecule has 0 saturated carbocycles. The predicted molar refractivity (Wildman–Crippen MR) is 80.0 cm³/mol. The van der Waals surface area contributed by atoms with Crippen molar-refractivity contribution in [3.63, 3.8) is 0 Å². The first kappa shape index (κ1) is 15.1. The van der Waals surface area contributed by atoms with Crippen LogP contribution >= 0.6 is 11.8 Å². The molecule has 3 nitrogen and oxygen atoms in total. The SMILES string of the molecule is CSc1ncc2c(n1)CN(c1ccc(C(F)(F)F)cc1)CC2. The van der Waals surface area contributed by atoms with Crippen molar-refractivity contribution in [2.45, 2.75) is 24.3 Å². The van der Waals surface area contributed by atoms with Gasteiger partial charge in [0.1, 0.15) is 0 Å². The van der Waals surface area contributed by atoms with Gasteiger partial charge >= 0.3 is 6.18 Å². The van der Waals surface area contributed by atoms with Crippen molar-refractivity contribution < 1.29 is 13.2 Å². The number of benzene rings is 1. The smallest absolute Gasteiger partial charge is 0.365 e. The molecule has 22 heavy (non-hydrogen) atoms. The second kappa shape index (κ2) is 5.79. The van der Waals surface area contributed by atoms with Gasteiger partial charge < -0.3 is 4.90 Å². The second-order valence-electron chi connectivity index (χ2n) is 5.04. The van der Waals surface area contributed by atoms with E-state index in [2.05, 4.69) is 9.97 Å². The molecular weight excluding hydrogens is 311 g/mol. The molecule has 1 aromatic carbocycles. The number of rotatable bonds is 2. The van der Waals surface area contributed by atoms with E-state index in [-0.39, 0.29) is 0 Å². The summed E-state index contributed by atoms with van der Waals surface area (Å²) in [6.45, 7) is 1.34. The molecule has 0 bridgehead atoms. The average molecular weight is 325 g/mol. The van der Waals surface area contributed by atoms with E-state index in [1.54, 1.807) is 0 Å². The monoisotopic (exact) mass is 325 g/mol. The Bertz CT molecular complexity index is 671. The van der Waals surface area contributed by atoms with Crippen LogP contribution in [0.1, 0.15) is 16.8 Å². The van der Waals surface area contributed by atoms with Gasteiger partial charge in [-0.05, 0) is 42.5 Å². The van der Waals surface area contributed by atoms with Crippen LogP contribution in [0.4, 0.5) is 18.9 Å². The van der Waals surface area contributed by atoms with Gasteiger partial charge in [-0.2, -0.15) is 13.2 Å². The molecule has 1 aliphatic heterocycles. The molecule has 0 spiro atoms. The maximum absolute atomic E-state index is 12.6. The fourth-order valence-electron chi connectivity index (χ4n) is 2.46. The number of fused-ring (bicyclic) bond motifs is 1. The Morgan fingerprint density at radius 3 is 2.55 bits per heavy atom. The normalized spacial score (nSPS) is 14.8. The van der Waals surface area contributed by atoms with Gasteiger partial charge in [0, 0.05) is 18.4 Å². The molecule has 0 atom stereocenters. The van der Waals surface area contributed by atoms with Crippen molar-refractivity contribution in [2.24, 2.45) is 0 Å². The van der Waals surface area contributed by atoms with E-state index in [4.69, 9.17) is 0 Å². The van der Waals surface area contributed by atoms with Crippen LogP contribution in [0.3, 0.4) is 0 Å². The lowest BCUT2D eigenvalue weighted by atomic mass is 10.1. The zero-order valence-corrected chi connectivity index (χ0v) is 12.7. The number of hydrogen-bond acceptors (Lipinski definition) is 4. The van der Waals surface area contributed by atoms with Gasteiger partial charge in [0.25, 0.3) is 0 Å². The number of alkyl halides is 3. The third-order valence-corrected chi connectivity index (χ3v) is 4.23. The van der Waals surface area contributed by atoms with E-state index in [1.165, 1.54) is 23.9 Å². The summed E-state index contributed by atoms with van der Waals surface area (Å²) in [7, 11) is 0. The average Bonchev–Trinajstić information content (AvgIpc) is 2.53. The predicted octanol–water partition coefficient (Wildman–Crippen LogP) is 3.78. The summed E-state index contributed by atoms with van der Waals surface area (Å²) < 4.78 is 37.8. The molecule has 2 heterocycles. The van der Waals surface area contributed by atoms with Crippen LogP contribution in [0.2, 0.25) is 0 Å². The Balaban J connectivity index is 1.82. The van der Waals surface area contributed by atoms with Crippen molar-refractivity contribution in [3.05, 3.63) is 47.3 Å². The van der Waals surface area contributed by atoms with Gasteiger partial charge in [0.15, 0.2) is 5.16 Å². The second-order valence-corrected chi connectivity index (χ2v) is 5.82. The molecule has 116 valence electrons. The van der Waals surface area contributed by atoms with E-state index in [0.29, 0.717) is 11.7 Å². The van der Waals surface area contributed by atoms with Crippen LogP contribution in [-0.2, 0) is 19.1 Å². The molecule has 0 amide bonds. The molecule has 0 unspecified atom stereocenters. The first-order valence-electron chi connectivity index (χ1n) is 6.78. The molecule has 1 aliphatic rings. The van der Waals surface area contributed by atoms with Crippen molar-refractivity contribution in [1.82, 2.24) is 9.97 Å². The molecule has 2 aromatic rings. The zero-order valence-electron chi connectivity index (χ0n) is 11.9. The van der Waals surface area contributed by atoms with Crippen LogP contribution in [0.5, 0.6) is 0 Å². The molecule has 0 aliphatic carbocycles. The Morgan fingerprint density at radius 2 is 1.91 bits per heavy atom. The number of thioether (sulfide) groups is 1. The van der Waals surface area contributed by atoms with Crippen molar-refractivity contribution in [3.8, 4) is 0 Å². The fraction of sp³-hybridized carbons (Fsp3) is 0.333. The number of halogens is 3. The van der Waals surface area contributed by atoms with Gasteiger partial charge in [0.05, 0.1) is 17.8 Å². The Kier molecular flexibility index (Phi) is 3.99. The van der Waals surface area contributed by atoms with Crippen molar-refractivity contribution >= 4 is 17.4 Å². The first-order chi connectivity index (χ1) is 10.5. The summed E-state index contributed by atoms with van der Waals surface area (Å²) >= 11 is 1.48. The first-order valence-corrected chi connectivity index (χ1v) is 8.01. The van der Waals surface area contributed by atoms with E-state index >= 15 is 0 Å². The molecule has 0 radical (unpaired) electrons. The lowest BCUT2D eigenvalue weighted by Crippen LogP contribution is -2.31. The molecular formula is C15H14F3N3S. The van der Waals surface area contributed by atoms with Gasteiger partial charge in [-0.1, -0.05) is 11.8 Å². The highest BCUT2D eigenvalue weighted by molar-refractivity contribution is 7.98. The van der Waals surface area contributed by atoms with Crippen LogP contribution in [0.15, 0.2) is 35.6 Å². The van der Waals surface area contributed by atoms with Crippen molar-refractivity contribution in [1.29, 1.82) is 0 Å². The van der Waals surface area contributed by atoms with Crippen LogP contribution in [-0.4, -0.2) is 22.8 Å². The van der Waals surface area contributed by atoms with Gasteiger partial charge in [-0.25, -0.2) is 9.97 Å². The number of aromatic nitrogens is 2. The fourth-order valence-corrected chi connectivity index (χ4v) is 2.82. The maximum atomic E-state index is 12.6. The zero-order chi connectivity index (χ0) is 15.7. The highest BCUT2D eigenvalue weighted by atomic mass is 32.2. The van der Waals surface area contributed by atoms with E-state index in [1.807, 2.05) is 17.4 Å². The summed E-state index contributed by atoms with van der Waals surface area (Å²) in [5.74, 6) is 0. The molecule has 0 saturated heterocycles. The number of hydrogen-bond donors (Lipinski definition) is 0. The van der Waals surface area contributed by atoms with E-state index in [9.17, 15) is 13.2 Å². The third kappa shape index (κ3) is 3.04. The quantitative estimate of drug-likeness (QED) is 0.621. The Hall–Kier alpha value is -1.76. The lowest BCUT2D eigenvalue weighted by molar-refractivity contribution is -0.137. The van der Waals surface area contributed by atoms with E-state index in [0.717, 1.165) is 42.0 Å². The topological polar surface area (TPSA) is 29.0 Å². The minimum Gasteiger partial charge on any atom is -0.365 e. The largest absolute Gasteiger partial charge is 0.416 e. The van der Waals surface area contributed by atoms with Gasteiger partial charge in [0.2, 0.25) is 0 Å². The van der Waals surface area contributed by atoms with Crippen molar-refractivity contribution in [2.75, 3.05) is 17.7 Å². The Labute approximate surface area is 130 Å². The van der Waals surface area contributed by atoms with Crippen LogP contribution in [0.25, 0.3) is 0 Å². The number of nitrogens with zero attached hydrogens (tertiary/aromatic N) is 3. The van der Waals surface area contributed by atoms with Gasteiger partial charge in [-0.15, -0.1) is 0 Å². The number of anilines is 1. The molecule has 0 fully saturated rings. The highest BCUT2D eigenvalue weighted by Gasteiger charge is 2.30. The summed E-state index contributed by atoms with van der Waals surface area (Å²) in [6, 6.07) is 5.28. The maximum Gasteiger partial charge on any atom is 0.416 e.